The van der Waals surface area contributed by atoms with Crippen molar-refractivity contribution in [3.63, 3.8) is 0 Å². The van der Waals surface area contributed by atoms with Crippen molar-refractivity contribution in [2.75, 3.05) is 33.3 Å². The van der Waals surface area contributed by atoms with E-state index in [1.54, 1.807) is 46.2 Å². The molecule has 0 spiro atoms. The molecule has 0 unspecified atom stereocenters. The highest BCUT2D eigenvalue weighted by Crippen LogP contribution is 2.28. The molecule has 0 atom stereocenters. The van der Waals surface area contributed by atoms with Gasteiger partial charge in [0.25, 0.3) is 11.8 Å². The van der Waals surface area contributed by atoms with Crippen molar-refractivity contribution in [3.8, 4) is 5.75 Å². The van der Waals surface area contributed by atoms with E-state index in [9.17, 15) is 9.59 Å². The minimum Gasteiger partial charge on any atom is -0.496 e. The van der Waals surface area contributed by atoms with Crippen molar-refractivity contribution in [3.05, 3.63) is 62.6 Å². The van der Waals surface area contributed by atoms with E-state index in [-0.39, 0.29) is 16.8 Å². The second kappa shape index (κ2) is 8.38. The molecule has 1 aliphatic heterocycles. The molecular formula is C19H17Cl3N2O3. The lowest BCUT2D eigenvalue weighted by Crippen LogP contribution is -2.50. The zero-order valence-corrected chi connectivity index (χ0v) is 16.8. The lowest BCUT2D eigenvalue weighted by molar-refractivity contribution is 0.0533. The summed E-state index contributed by atoms with van der Waals surface area (Å²) in [7, 11) is 1.51. The Hall–Kier alpha value is -1.95. The Morgan fingerprint density at radius 2 is 1.48 bits per heavy atom. The van der Waals surface area contributed by atoms with Crippen LogP contribution in [-0.4, -0.2) is 54.9 Å². The summed E-state index contributed by atoms with van der Waals surface area (Å²) in [6.45, 7) is 1.60. The van der Waals surface area contributed by atoms with E-state index in [1.165, 1.54) is 7.11 Å². The summed E-state index contributed by atoms with van der Waals surface area (Å²) >= 11 is 18.2. The van der Waals surface area contributed by atoms with Crippen LogP contribution in [0.3, 0.4) is 0 Å². The second-order valence-electron chi connectivity index (χ2n) is 6.03. The number of amides is 2. The van der Waals surface area contributed by atoms with E-state index in [1.807, 2.05) is 0 Å². The van der Waals surface area contributed by atoms with Crippen LogP contribution in [0, 0.1) is 0 Å². The molecule has 0 radical (unpaired) electrons. The number of nitrogens with zero attached hydrogens (tertiary/aromatic N) is 2. The van der Waals surface area contributed by atoms with E-state index in [4.69, 9.17) is 39.5 Å². The van der Waals surface area contributed by atoms with Crippen LogP contribution < -0.4 is 4.74 Å². The molecule has 0 bridgehead atoms. The molecule has 2 aromatic carbocycles. The van der Waals surface area contributed by atoms with Crippen LogP contribution in [0.15, 0.2) is 36.4 Å². The number of hydrogen-bond acceptors (Lipinski definition) is 3. The summed E-state index contributed by atoms with van der Waals surface area (Å²) in [5, 5.41) is 1.04. The van der Waals surface area contributed by atoms with Crippen LogP contribution in [0.25, 0.3) is 0 Å². The Morgan fingerprint density at radius 1 is 0.889 bits per heavy atom. The highest BCUT2D eigenvalue weighted by atomic mass is 35.5. The molecule has 2 amide bonds. The van der Waals surface area contributed by atoms with Gasteiger partial charge in [0.2, 0.25) is 0 Å². The number of piperazine rings is 1. The van der Waals surface area contributed by atoms with Gasteiger partial charge in [-0.2, -0.15) is 0 Å². The molecule has 1 heterocycles. The quantitative estimate of drug-likeness (QED) is 0.735. The van der Waals surface area contributed by atoms with E-state index < -0.39 is 0 Å². The molecule has 0 aromatic heterocycles. The summed E-state index contributed by atoms with van der Waals surface area (Å²) in [4.78, 5) is 28.9. The van der Waals surface area contributed by atoms with Crippen molar-refractivity contribution in [2.45, 2.75) is 0 Å². The van der Waals surface area contributed by atoms with Gasteiger partial charge in [-0.15, -0.1) is 0 Å². The molecule has 0 N–H and O–H groups in total. The first kappa shape index (κ1) is 19.8. The Kier molecular flexibility index (Phi) is 6.15. The second-order valence-corrected chi connectivity index (χ2v) is 7.25. The first-order valence-corrected chi connectivity index (χ1v) is 9.42. The maximum atomic E-state index is 12.8. The summed E-state index contributed by atoms with van der Waals surface area (Å²) < 4.78 is 5.26. The molecule has 0 saturated carbocycles. The number of methoxy groups -OCH3 is 1. The molecule has 27 heavy (non-hydrogen) atoms. The summed E-state index contributed by atoms with van der Waals surface area (Å²) in [5.74, 6) is 0.0887. The fourth-order valence-electron chi connectivity index (χ4n) is 2.97. The highest BCUT2D eigenvalue weighted by molar-refractivity contribution is 6.43. The molecule has 1 fully saturated rings. The van der Waals surface area contributed by atoms with Crippen LogP contribution in [-0.2, 0) is 0 Å². The molecule has 142 valence electrons. The predicted octanol–water partition coefficient (Wildman–Crippen LogP) is 4.25. The average Bonchev–Trinajstić information content (AvgIpc) is 2.69. The van der Waals surface area contributed by atoms with Crippen LogP contribution >= 0.6 is 34.8 Å². The van der Waals surface area contributed by atoms with Gasteiger partial charge in [0, 0.05) is 31.2 Å². The molecule has 1 aliphatic rings. The maximum absolute atomic E-state index is 12.8. The topological polar surface area (TPSA) is 49.9 Å². The van der Waals surface area contributed by atoms with Crippen LogP contribution in [0.4, 0.5) is 0 Å². The standard InChI is InChI=1S/C19H17Cl3N2O3/c1-27-16-6-5-12(20)11-14(16)19(26)24-9-7-23(8-10-24)18(25)13-3-2-4-15(21)17(13)22/h2-6,11H,7-10H2,1H3. The van der Waals surface area contributed by atoms with Crippen LogP contribution in [0.5, 0.6) is 5.75 Å². The number of carbonyl (C=O) groups excluding carboxylic acids is 2. The summed E-state index contributed by atoms with van der Waals surface area (Å²) in [6, 6.07) is 9.89. The fraction of sp³-hybridized carbons (Fsp3) is 0.263. The monoisotopic (exact) mass is 426 g/mol. The summed E-state index contributed by atoms with van der Waals surface area (Å²) in [6.07, 6.45) is 0. The minimum absolute atomic E-state index is 0.178. The zero-order valence-electron chi connectivity index (χ0n) is 14.5. The fourth-order valence-corrected chi connectivity index (χ4v) is 3.52. The van der Waals surface area contributed by atoms with E-state index >= 15 is 0 Å². The van der Waals surface area contributed by atoms with Crippen molar-refractivity contribution in [1.29, 1.82) is 0 Å². The third kappa shape index (κ3) is 4.15. The normalized spacial score (nSPS) is 14.2. The lowest BCUT2D eigenvalue weighted by Gasteiger charge is -2.35. The maximum Gasteiger partial charge on any atom is 0.257 e. The third-order valence-electron chi connectivity index (χ3n) is 4.43. The predicted molar refractivity (Wildman–Crippen MR) is 106 cm³/mol. The third-order valence-corrected chi connectivity index (χ3v) is 5.48. The van der Waals surface area contributed by atoms with Gasteiger partial charge >= 0.3 is 0 Å². The number of halogens is 3. The van der Waals surface area contributed by atoms with Gasteiger partial charge in [0.05, 0.1) is 28.3 Å². The number of hydrogen-bond donors (Lipinski definition) is 0. The molecule has 8 heteroatoms. The summed E-state index contributed by atoms with van der Waals surface area (Å²) in [5.41, 5.74) is 0.767. The molecule has 5 nitrogen and oxygen atoms in total. The number of ether oxygens (including phenoxy) is 1. The van der Waals surface area contributed by atoms with Gasteiger partial charge < -0.3 is 14.5 Å². The van der Waals surface area contributed by atoms with Crippen molar-refractivity contribution in [1.82, 2.24) is 9.80 Å². The Labute approximate surface area is 172 Å². The van der Waals surface area contributed by atoms with Crippen molar-refractivity contribution in [2.24, 2.45) is 0 Å². The van der Waals surface area contributed by atoms with Crippen molar-refractivity contribution < 1.29 is 14.3 Å². The van der Waals surface area contributed by atoms with Crippen LogP contribution in [0.1, 0.15) is 20.7 Å². The molecule has 2 aromatic rings. The van der Waals surface area contributed by atoms with E-state index in [0.717, 1.165) is 0 Å². The lowest BCUT2D eigenvalue weighted by atomic mass is 10.1. The molecule has 3 rings (SSSR count). The number of carbonyl (C=O) groups is 2. The van der Waals surface area contributed by atoms with Gasteiger partial charge in [-0.1, -0.05) is 40.9 Å². The smallest absolute Gasteiger partial charge is 0.257 e. The highest BCUT2D eigenvalue weighted by Gasteiger charge is 2.28. The first-order chi connectivity index (χ1) is 12.9. The zero-order chi connectivity index (χ0) is 19.6. The number of rotatable bonds is 3. The molecule has 0 aliphatic carbocycles. The van der Waals surface area contributed by atoms with Gasteiger partial charge in [-0.25, -0.2) is 0 Å². The van der Waals surface area contributed by atoms with E-state index in [2.05, 4.69) is 0 Å². The Bertz CT molecular complexity index is 880. The average molecular weight is 428 g/mol. The van der Waals surface area contributed by atoms with Crippen molar-refractivity contribution >= 4 is 46.6 Å². The van der Waals surface area contributed by atoms with E-state index in [0.29, 0.717) is 53.1 Å². The minimum atomic E-state index is -0.199. The van der Waals surface area contributed by atoms with Gasteiger partial charge in [-0.3, -0.25) is 9.59 Å². The van der Waals surface area contributed by atoms with Crippen LogP contribution in [0.2, 0.25) is 15.1 Å². The Balaban J connectivity index is 1.70. The largest absolute Gasteiger partial charge is 0.496 e. The molecular weight excluding hydrogens is 411 g/mol. The van der Waals surface area contributed by atoms with Gasteiger partial charge in [0.1, 0.15) is 5.75 Å². The Morgan fingerprint density at radius 3 is 2.07 bits per heavy atom. The molecule has 1 saturated heterocycles. The van der Waals surface area contributed by atoms with Gasteiger partial charge in [-0.05, 0) is 30.3 Å². The number of benzene rings is 2. The first-order valence-electron chi connectivity index (χ1n) is 8.28. The van der Waals surface area contributed by atoms with Gasteiger partial charge in [0.15, 0.2) is 0 Å². The SMILES string of the molecule is COc1ccc(Cl)cc1C(=O)N1CCN(C(=O)c2cccc(Cl)c2Cl)CC1.